The first-order chi connectivity index (χ1) is 19.4. The van der Waals surface area contributed by atoms with Crippen LogP contribution in [0.15, 0.2) is 91.0 Å². The third kappa shape index (κ3) is 6.59. The van der Waals surface area contributed by atoms with Gasteiger partial charge in [-0.2, -0.15) is 39.5 Å². The molecule has 4 aromatic rings. The van der Waals surface area contributed by atoms with E-state index in [2.05, 4.69) is 0 Å². The maximum atomic E-state index is 13.2. The molecule has 0 aliphatic carbocycles. The Hall–Kier alpha value is -4.74. The highest BCUT2D eigenvalue weighted by Gasteiger charge is 2.32. The fourth-order valence-electron chi connectivity index (χ4n) is 3.95. The maximum Gasteiger partial charge on any atom is 0.416 e. The standard InChI is InChI=1S/C30H15F9O3/c31-28(32,33)22-7-1-16(2-8-22)25(40)19-13-20(26(41)17-3-9-23(10-4-17)29(34,35)36)15-21(14-19)27(42)18-5-11-24(12-6-18)30(37,38)39/h1-15H. The molecule has 4 aromatic carbocycles. The van der Waals surface area contributed by atoms with Gasteiger partial charge in [0.15, 0.2) is 17.3 Å². The molecule has 0 heterocycles. The molecule has 0 radical (unpaired) electrons. The highest BCUT2D eigenvalue weighted by atomic mass is 19.4. The first-order valence-corrected chi connectivity index (χ1v) is 11.8. The van der Waals surface area contributed by atoms with E-state index in [1.807, 2.05) is 0 Å². The van der Waals surface area contributed by atoms with Crippen LogP contribution in [-0.4, -0.2) is 17.3 Å². The predicted octanol–water partition coefficient (Wildman–Crippen LogP) is 8.44. The summed E-state index contributed by atoms with van der Waals surface area (Å²) in [4.78, 5) is 39.6. The van der Waals surface area contributed by atoms with Crippen molar-refractivity contribution in [2.24, 2.45) is 0 Å². The lowest BCUT2D eigenvalue weighted by Crippen LogP contribution is -2.12. The molecule has 0 aliphatic heterocycles. The molecule has 0 bridgehead atoms. The molecule has 4 rings (SSSR count). The van der Waals surface area contributed by atoms with Crippen molar-refractivity contribution >= 4 is 17.3 Å². The topological polar surface area (TPSA) is 51.2 Å². The van der Waals surface area contributed by atoms with Crippen LogP contribution in [0.3, 0.4) is 0 Å². The van der Waals surface area contributed by atoms with E-state index >= 15 is 0 Å². The normalized spacial score (nSPS) is 12.2. The monoisotopic (exact) mass is 594 g/mol. The van der Waals surface area contributed by atoms with E-state index in [0.29, 0.717) is 36.4 Å². The van der Waals surface area contributed by atoms with Crippen molar-refractivity contribution in [3.8, 4) is 0 Å². The van der Waals surface area contributed by atoms with Crippen molar-refractivity contribution in [3.63, 3.8) is 0 Å². The molecular formula is C30H15F9O3. The van der Waals surface area contributed by atoms with Crippen LogP contribution >= 0.6 is 0 Å². The summed E-state index contributed by atoms with van der Waals surface area (Å²) in [7, 11) is 0. The summed E-state index contributed by atoms with van der Waals surface area (Å²) in [6.07, 6.45) is -14.1. The number of carbonyl (C=O) groups excluding carboxylic acids is 3. The molecule has 0 fully saturated rings. The SMILES string of the molecule is O=C(c1ccc(C(F)(F)F)cc1)c1cc(C(=O)c2ccc(C(F)(F)F)cc2)cc(C(=O)c2ccc(C(F)(F)F)cc2)c1. The molecule has 12 heteroatoms. The average Bonchev–Trinajstić information content (AvgIpc) is 2.94. The minimum atomic E-state index is -4.68. The van der Waals surface area contributed by atoms with Crippen LogP contribution in [0.4, 0.5) is 39.5 Å². The Morgan fingerprint density at radius 1 is 0.333 bits per heavy atom. The summed E-state index contributed by atoms with van der Waals surface area (Å²) in [6.45, 7) is 0. The van der Waals surface area contributed by atoms with Gasteiger partial charge in [0, 0.05) is 33.4 Å². The quantitative estimate of drug-likeness (QED) is 0.166. The lowest BCUT2D eigenvalue weighted by atomic mass is 9.91. The van der Waals surface area contributed by atoms with E-state index < -0.39 is 52.6 Å². The molecule has 216 valence electrons. The molecule has 0 saturated carbocycles. The molecule has 0 atom stereocenters. The Morgan fingerprint density at radius 2 is 0.524 bits per heavy atom. The summed E-state index contributed by atoms with van der Waals surface area (Å²) in [5, 5.41) is 0. The van der Waals surface area contributed by atoms with Gasteiger partial charge in [0.2, 0.25) is 0 Å². The Labute approximate surface area is 231 Å². The first-order valence-electron chi connectivity index (χ1n) is 11.8. The highest BCUT2D eigenvalue weighted by Crippen LogP contribution is 2.32. The van der Waals surface area contributed by atoms with Crippen LogP contribution in [0.5, 0.6) is 0 Å². The zero-order chi connectivity index (χ0) is 31.0. The van der Waals surface area contributed by atoms with Gasteiger partial charge in [-0.15, -0.1) is 0 Å². The number of benzene rings is 4. The van der Waals surface area contributed by atoms with Crippen LogP contribution in [0.2, 0.25) is 0 Å². The van der Waals surface area contributed by atoms with Crippen LogP contribution in [0.1, 0.15) is 64.5 Å². The van der Waals surface area contributed by atoms with Gasteiger partial charge in [0.1, 0.15) is 0 Å². The third-order valence-electron chi connectivity index (χ3n) is 6.14. The molecule has 0 amide bonds. The molecule has 0 unspecified atom stereocenters. The van der Waals surface area contributed by atoms with E-state index in [1.54, 1.807) is 0 Å². The van der Waals surface area contributed by atoms with E-state index in [-0.39, 0.29) is 33.4 Å². The first kappa shape index (κ1) is 30.2. The minimum absolute atomic E-state index is 0.241. The number of carbonyl (C=O) groups is 3. The largest absolute Gasteiger partial charge is 0.416 e. The molecular weight excluding hydrogens is 579 g/mol. The van der Waals surface area contributed by atoms with Gasteiger partial charge in [-0.25, -0.2) is 0 Å². The van der Waals surface area contributed by atoms with Crippen molar-refractivity contribution in [2.45, 2.75) is 18.5 Å². The number of halogens is 9. The van der Waals surface area contributed by atoms with Gasteiger partial charge in [-0.3, -0.25) is 14.4 Å². The minimum Gasteiger partial charge on any atom is -0.289 e. The molecule has 3 nitrogen and oxygen atoms in total. The zero-order valence-electron chi connectivity index (χ0n) is 20.8. The maximum absolute atomic E-state index is 13.2. The second-order valence-electron chi connectivity index (χ2n) is 9.01. The molecule has 0 saturated heterocycles. The van der Waals surface area contributed by atoms with Gasteiger partial charge < -0.3 is 0 Å². The van der Waals surface area contributed by atoms with Crippen molar-refractivity contribution in [1.29, 1.82) is 0 Å². The van der Waals surface area contributed by atoms with Crippen molar-refractivity contribution in [2.75, 3.05) is 0 Å². The third-order valence-corrected chi connectivity index (χ3v) is 6.14. The number of alkyl halides is 9. The van der Waals surface area contributed by atoms with Gasteiger partial charge in [0.25, 0.3) is 0 Å². The Balaban J connectivity index is 1.78. The Kier molecular flexibility index (Phi) is 7.86. The number of hydrogen-bond donors (Lipinski definition) is 0. The fraction of sp³-hybridized carbons (Fsp3) is 0.100. The van der Waals surface area contributed by atoms with E-state index in [4.69, 9.17) is 0 Å². The second kappa shape index (κ2) is 10.9. The van der Waals surface area contributed by atoms with Gasteiger partial charge in [-0.1, -0.05) is 36.4 Å². The summed E-state index contributed by atoms with van der Waals surface area (Å²) < 4.78 is 117. The Bertz CT molecular complexity index is 1430. The van der Waals surface area contributed by atoms with Crippen LogP contribution < -0.4 is 0 Å². The van der Waals surface area contributed by atoms with Crippen molar-refractivity contribution in [3.05, 3.63) is 141 Å². The van der Waals surface area contributed by atoms with Crippen LogP contribution in [0.25, 0.3) is 0 Å². The molecule has 0 N–H and O–H groups in total. The van der Waals surface area contributed by atoms with Gasteiger partial charge >= 0.3 is 18.5 Å². The Morgan fingerprint density at radius 3 is 0.690 bits per heavy atom. The zero-order valence-corrected chi connectivity index (χ0v) is 20.8. The fourth-order valence-corrected chi connectivity index (χ4v) is 3.95. The van der Waals surface area contributed by atoms with Gasteiger partial charge in [0.05, 0.1) is 16.7 Å². The molecule has 0 aliphatic rings. The highest BCUT2D eigenvalue weighted by molar-refractivity contribution is 6.17. The molecule has 0 aromatic heterocycles. The number of ketones is 3. The summed E-state index contributed by atoms with van der Waals surface area (Å²) >= 11 is 0. The lowest BCUT2D eigenvalue weighted by molar-refractivity contribution is -0.138. The van der Waals surface area contributed by atoms with Crippen molar-refractivity contribution < 1.29 is 53.9 Å². The van der Waals surface area contributed by atoms with Crippen LogP contribution in [0, 0.1) is 0 Å². The summed E-state index contributed by atoms with van der Waals surface area (Å²) in [6, 6.07) is 12.3. The van der Waals surface area contributed by atoms with E-state index in [1.165, 1.54) is 0 Å². The summed E-state index contributed by atoms with van der Waals surface area (Å²) in [5.41, 5.74) is -4.83. The molecule has 42 heavy (non-hydrogen) atoms. The number of hydrogen-bond acceptors (Lipinski definition) is 3. The van der Waals surface area contributed by atoms with E-state index in [9.17, 15) is 53.9 Å². The number of rotatable bonds is 6. The molecule has 0 spiro atoms. The van der Waals surface area contributed by atoms with Crippen LogP contribution in [-0.2, 0) is 18.5 Å². The average molecular weight is 594 g/mol. The smallest absolute Gasteiger partial charge is 0.289 e. The predicted molar refractivity (Wildman–Crippen MR) is 131 cm³/mol. The lowest BCUT2D eigenvalue weighted by Gasteiger charge is -2.12. The van der Waals surface area contributed by atoms with Gasteiger partial charge in [-0.05, 0) is 54.6 Å². The van der Waals surface area contributed by atoms with E-state index in [0.717, 1.165) is 54.6 Å². The second-order valence-corrected chi connectivity index (χ2v) is 9.01. The summed E-state index contributed by atoms with van der Waals surface area (Å²) in [5.74, 6) is -2.69. The van der Waals surface area contributed by atoms with Crippen molar-refractivity contribution in [1.82, 2.24) is 0 Å².